The zero-order valence-electron chi connectivity index (χ0n) is 18.7. The van der Waals surface area contributed by atoms with Crippen molar-refractivity contribution in [2.75, 3.05) is 18.9 Å². The third kappa shape index (κ3) is 4.37. The number of ether oxygens (including phenoxy) is 2. The number of amides is 1. The largest absolute Gasteiger partial charge is 0.486 e. The molecule has 3 heterocycles. The normalized spacial score (nSPS) is 19.2. The summed E-state index contributed by atoms with van der Waals surface area (Å²) in [4.78, 5) is 14.9. The van der Waals surface area contributed by atoms with Gasteiger partial charge in [0.05, 0.1) is 23.7 Å². The van der Waals surface area contributed by atoms with Crippen molar-refractivity contribution >= 4 is 29.3 Å². The van der Waals surface area contributed by atoms with Crippen molar-refractivity contribution < 1.29 is 14.3 Å². The molecule has 35 heavy (non-hydrogen) atoms. The Bertz CT molecular complexity index is 1360. The van der Waals surface area contributed by atoms with Crippen LogP contribution in [0.15, 0.2) is 85.1 Å². The molecule has 0 spiro atoms. The Morgan fingerprint density at radius 2 is 1.71 bits per heavy atom. The maximum absolute atomic E-state index is 13.0. The first-order valence-electron chi connectivity index (χ1n) is 11.4. The highest BCUT2D eigenvalue weighted by atomic mass is 35.5. The molecule has 6 rings (SSSR count). The number of thioether (sulfide) groups is 1. The summed E-state index contributed by atoms with van der Waals surface area (Å²) in [6, 6.07) is 25.2. The number of nitrogens with zero attached hydrogens (tertiary/aromatic N) is 3. The lowest BCUT2D eigenvalue weighted by atomic mass is 10.1. The van der Waals surface area contributed by atoms with Gasteiger partial charge in [0.1, 0.15) is 12.0 Å². The molecule has 6 nitrogen and oxygen atoms in total. The minimum absolute atomic E-state index is 0.0805. The van der Waals surface area contributed by atoms with Crippen LogP contribution >= 0.6 is 23.4 Å². The van der Waals surface area contributed by atoms with E-state index in [0.29, 0.717) is 29.7 Å². The van der Waals surface area contributed by atoms with Crippen molar-refractivity contribution in [3.63, 3.8) is 0 Å². The van der Waals surface area contributed by atoms with Gasteiger partial charge in [-0.05, 0) is 36.4 Å². The number of carbonyl (C=O) groups excluding carboxylic acids is 1. The zero-order chi connectivity index (χ0) is 23.8. The minimum Gasteiger partial charge on any atom is -0.486 e. The lowest BCUT2D eigenvalue weighted by Gasteiger charge is -2.32. The van der Waals surface area contributed by atoms with E-state index in [9.17, 15) is 4.79 Å². The number of rotatable bonds is 5. The Morgan fingerprint density at radius 3 is 2.51 bits per heavy atom. The van der Waals surface area contributed by atoms with Crippen molar-refractivity contribution in [3.05, 3.63) is 95.6 Å². The molecular weight excluding hydrogens is 482 g/mol. The lowest BCUT2D eigenvalue weighted by Crippen LogP contribution is -2.42. The smallest absolute Gasteiger partial charge is 0.233 e. The Labute approximate surface area is 212 Å². The standard InChI is InChI=1S/C27H22ClN3O3S/c28-19-12-10-18(11-13-19)26-22(15-31(29-26)20-6-2-1-3-7-20)27-30(25(32)17-35-27)14-21-16-33-23-8-4-5-9-24(23)34-21/h1-13,15,21,27H,14,16-17H2/t21-,27+/m1/s1. The number of carbonyl (C=O) groups is 1. The topological polar surface area (TPSA) is 56.6 Å². The summed E-state index contributed by atoms with van der Waals surface area (Å²) in [5, 5.41) is 5.41. The second-order valence-electron chi connectivity index (χ2n) is 8.43. The number of fused-ring (bicyclic) bond motifs is 1. The molecule has 8 heteroatoms. The van der Waals surface area contributed by atoms with E-state index in [1.54, 1.807) is 11.8 Å². The maximum Gasteiger partial charge on any atom is 0.233 e. The number of hydrogen-bond donors (Lipinski definition) is 0. The van der Waals surface area contributed by atoms with Gasteiger partial charge in [0.15, 0.2) is 17.6 Å². The summed E-state index contributed by atoms with van der Waals surface area (Å²) in [5.41, 5.74) is 3.71. The molecule has 2 atom stereocenters. The third-order valence-electron chi connectivity index (χ3n) is 6.08. The first kappa shape index (κ1) is 22.1. The van der Waals surface area contributed by atoms with E-state index in [4.69, 9.17) is 26.2 Å². The summed E-state index contributed by atoms with van der Waals surface area (Å²) in [6.45, 7) is 0.826. The van der Waals surface area contributed by atoms with Crippen molar-refractivity contribution in [3.8, 4) is 28.4 Å². The molecule has 1 saturated heterocycles. The number of hydrogen-bond acceptors (Lipinski definition) is 5. The predicted molar refractivity (Wildman–Crippen MR) is 137 cm³/mol. The van der Waals surface area contributed by atoms with Crippen molar-refractivity contribution in [2.45, 2.75) is 11.5 Å². The van der Waals surface area contributed by atoms with E-state index in [1.807, 2.05) is 94.6 Å². The van der Waals surface area contributed by atoms with E-state index >= 15 is 0 Å². The van der Waals surface area contributed by atoms with Gasteiger partial charge in [-0.3, -0.25) is 4.79 Å². The van der Waals surface area contributed by atoms with Crippen LogP contribution in [0.3, 0.4) is 0 Å². The van der Waals surface area contributed by atoms with E-state index in [2.05, 4.69) is 0 Å². The SMILES string of the molecule is O=C1CS[C@@H](c2cn(-c3ccccc3)nc2-c2ccc(Cl)cc2)N1C[C@@H]1COc2ccccc2O1. The van der Waals surface area contributed by atoms with Crippen LogP contribution < -0.4 is 9.47 Å². The second kappa shape index (κ2) is 9.32. The summed E-state index contributed by atoms with van der Waals surface area (Å²) in [6.07, 6.45) is 1.77. The van der Waals surface area contributed by atoms with Gasteiger partial charge >= 0.3 is 0 Å². The molecule has 1 amide bonds. The molecule has 0 radical (unpaired) electrons. The third-order valence-corrected chi connectivity index (χ3v) is 7.57. The van der Waals surface area contributed by atoms with Gasteiger partial charge in [-0.25, -0.2) is 4.68 Å². The highest BCUT2D eigenvalue weighted by Crippen LogP contribution is 2.43. The van der Waals surface area contributed by atoms with Crippen molar-refractivity contribution in [1.82, 2.24) is 14.7 Å². The molecule has 1 fully saturated rings. The molecular formula is C27H22ClN3O3S. The molecule has 0 aliphatic carbocycles. The van der Waals surface area contributed by atoms with Crippen LogP contribution in [0, 0.1) is 0 Å². The highest BCUT2D eigenvalue weighted by Gasteiger charge is 2.38. The quantitative estimate of drug-likeness (QED) is 0.354. The number of para-hydroxylation sites is 3. The predicted octanol–water partition coefficient (Wildman–Crippen LogP) is 5.61. The maximum atomic E-state index is 13.0. The monoisotopic (exact) mass is 503 g/mol. The van der Waals surface area contributed by atoms with E-state index in [-0.39, 0.29) is 17.4 Å². The average Bonchev–Trinajstić information content (AvgIpc) is 3.49. The molecule has 4 aromatic rings. The van der Waals surface area contributed by atoms with Gasteiger partial charge in [-0.1, -0.05) is 54.1 Å². The van der Waals surface area contributed by atoms with Crippen LogP contribution in [-0.4, -0.2) is 45.6 Å². The summed E-state index contributed by atoms with van der Waals surface area (Å²) in [5.74, 6) is 1.93. The van der Waals surface area contributed by atoms with E-state index in [1.165, 1.54) is 0 Å². The van der Waals surface area contributed by atoms with Gasteiger partial charge in [-0.15, -0.1) is 11.8 Å². The Kier molecular flexibility index (Phi) is 5.88. The fourth-order valence-corrected chi connectivity index (χ4v) is 5.72. The first-order chi connectivity index (χ1) is 17.2. The number of aromatic nitrogens is 2. The number of halogens is 1. The molecule has 2 aliphatic heterocycles. The highest BCUT2D eigenvalue weighted by molar-refractivity contribution is 8.00. The fourth-order valence-electron chi connectivity index (χ4n) is 4.39. The lowest BCUT2D eigenvalue weighted by molar-refractivity contribution is -0.129. The Hall–Kier alpha value is -3.42. The van der Waals surface area contributed by atoms with Crippen LogP contribution in [0.2, 0.25) is 5.02 Å². The van der Waals surface area contributed by atoms with Crippen LogP contribution in [0.5, 0.6) is 11.5 Å². The second-order valence-corrected chi connectivity index (χ2v) is 9.93. The summed E-state index contributed by atoms with van der Waals surface area (Å²) < 4.78 is 13.9. The van der Waals surface area contributed by atoms with Crippen molar-refractivity contribution in [2.24, 2.45) is 0 Å². The van der Waals surface area contributed by atoms with Crippen LogP contribution in [0.25, 0.3) is 16.9 Å². The molecule has 1 aromatic heterocycles. The Balaban J connectivity index is 1.34. The Morgan fingerprint density at radius 1 is 0.971 bits per heavy atom. The first-order valence-corrected chi connectivity index (χ1v) is 12.8. The molecule has 0 saturated carbocycles. The van der Waals surface area contributed by atoms with Gasteiger partial charge in [0.2, 0.25) is 5.91 Å². The van der Waals surface area contributed by atoms with Crippen LogP contribution in [0.1, 0.15) is 10.9 Å². The number of benzene rings is 3. The molecule has 2 aliphatic rings. The molecule has 0 unspecified atom stereocenters. The van der Waals surface area contributed by atoms with E-state index in [0.717, 1.165) is 28.3 Å². The summed E-state index contributed by atoms with van der Waals surface area (Å²) in [7, 11) is 0. The van der Waals surface area contributed by atoms with Gasteiger partial charge in [0.25, 0.3) is 0 Å². The molecule has 3 aromatic carbocycles. The van der Waals surface area contributed by atoms with Crippen molar-refractivity contribution in [1.29, 1.82) is 0 Å². The molecule has 176 valence electrons. The van der Waals surface area contributed by atoms with Gasteiger partial charge in [-0.2, -0.15) is 5.10 Å². The van der Waals surface area contributed by atoms with Crippen LogP contribution in [-0.2, 0) is 4.79 Å². The van der Waals surface area contributed by atoms with Gasteiger partial charge < -0.3 is 14.4 Å². The summed E-state index contributed by atoms with van der Waals surface area (Å²) >= 11 is 7.75. The zero-order valence-corrected chi connectivity index (χ0v) is 20.3. The van der Waals surface area contributed by atoms with Crippen LogP contribution in [0.4, 0.5) is 0 Å². The fraction of sp³-hybridized carbons (Fsp3) is 0.185. The molecule has 0 N–H and O–H groups in total. The minimum atomic E-state index is -0.252. The van der Waals surface area contributed by atoms with E-state index < -0.39 is 0 Å². The average molecular weight is 504 g/mol. The molecule has 0 bridgehead atoms. The van der Waals surface area contributed by atoms with Gasteiger partial charge in [0, 0.05) is 22.3 Å².